The molecule has 0 aliphatic carbocycles. The number of fused-ring (bicyclic) bond motifs is 6. The van der Waals surface area contributed by atoms with E-state index in [0.29, 0.717) is 24.2 Å². The van der Waals surface area contributed by atoms with Gasteiger partial charge in [0.1, 0.15) is 0 Å². The molecule has 2 aromatic heterocycles. The molecule has 2 aliphatic rings. The van der Waals surface area contributed by atoms with Crippen LogP contribution in [0.15, 0.2) is 97.1 Å². The van der Waals surface area contributed by atoms with Crippen LogP contribution < -0.4 is 10.6 Å². The molecule has 0 amide bonds. The van der Waals surface area contributed by atoms with Crippen LogP contribution in [-0.4, -0.2) is 87.8 Å². The van der Waals surface area contributed by atoms with Crippen LogP contribution in [0.5, 0.6) is 0 Å². The van der Waals surface area contributed by atoms with E-state index < -0.39 is 0 Å². The molecular formula is C42H60Cl4N6O. The van der Waals surface area contributed by atoms with Crippen molar-refractivity contribution in [3.05, 3.63) is 97.1 Å². The summed E-state index contributed by atoms with van der Waals surface area (Å²) in [5.74, 6) is 0. The van der Waals surface area contributed by atoms with Crippen LogP contribution in [-0.2, 0) is 13.1 Å². The molecule has 6 aromatic rings. The lowest BCUT2D eigenvalue weighted by atomic mass is 10.1. The molecule has 53 heavy (non-hydrogen) atoms. The minimum Gasteiger partial charge on any atom is -0.412 e. The second kappa shape index (κ2) is 21.5. The zero-order valence-electron chi connectivity index (χ0n) is 31.5. The van der Waals surface area contributed by atoms with Gasteiger partial charge in [0.2, 0.25) is 0 Å². The highest BCUT2D eigenvalue weighted by molar-refractivity contribution is 6.08. The predicted molar refractivity (Wildman–Crippen MR) is 238 cm³/mol. The number of hydrogen-bond acceptors (Lipinski definition) is 4. The number of nitrogens with zero attached hydrogens (tertiary/aromatic N) is 4. The summed E-state index contributed by atoms with van der Waals surface area (Å²) in [6.07, 6.45) is 2.39. The zero-order valence-corrected chi connectivity index (χ0v) is 34.8. The standard InChI is InChI=1S/2C21H27N3.4ClH.H2O/c2*1-16-14-23(15-17(2)22-16)12-7-13-24-20-10-5-3-8-18(20)19-9-4-6-11-21(19)24;;;;;/h2*3-6,8-11,16-17,22H,7,12-15H2,1-2H3;4*1H;1H2. The third kappa shape index (κ3) is 10.8. The maximum atomic E-state index is 3.61. The summed E-state index contributed by atoms with van der Waals surface area (Å²) >= 11 is 0. The molecule has 7 nitrogen and oxygen atoms in total. The first kappa shape index (κ1) is 46.6. The van der Waals surface area contributed by atoms with Crippen molar-refractivity contribution in [3.63, 3.8) is 0 Å². The van der Waals surface area contributed by atoms with Gasteiger partial charge in [-0.2, -0.15) is 0 Å². The van der Waals surface area contributed by atoms with E-state index in [1.165, 1.54) is 69.5 Å². The van der Waals surface area contributed by atoms with Crippen LogP contribution in [0, 0.1) is 0 Å². The lowest BCUT2D eigenvalue weighted by Gasteiger charge is -2.36. The van der Waals surface area contributed by atoms with Crippen molar-refractivity contribution >= 4 is 93.2 Å². The Morgan fingerprint density at radius 3 is 0.925 bits per heavy atom. The highest BCUT2D eigenvalue weighted by atomic mass is 35.5. The quantitative estimate of drug-likeness (QED) is 0.162. The lowest BCUT2D eigenvalue weighted by Crippen LogP contribution is -2.54. The monoisotopic (exact) mass is 804 g/mol. The van der Waals surface area contributed by atoms with Gasteiger partial charge in [0.25, 0.3) is 0 Å². The maximum absolute atomic E-state index is 3.61. The Hall–Kier alpha value is -2.56. The van der Waals surface area contributed by atoms with E-state index in [4.69, 9.17) is 0 Å². The van der Waals surface area contributed by atoms with Gasteiger partial charge in [-0.25, -0.2) is 0 Å². The predicted octanol–water partition coefficient (Wildman–Crippen LogP) is 8.60. The van der Waals surface area contributed by atoms with Crippen LogP contribution in [0.1, 0.15) is 40.5 Å². The van der Waals surface area contributed by atoms with Gasteiger partial charge in [-0.1, -0.05) is 72.8 Å². The number of nitrogens with one attached hydrogen (secondary N) is 2. The van der Waals surface area contributed by atoms with Crippen molar-refractivity contribution in [1.82, 2.24) is 29.6 Å². The Labute approximate surface area is 340 Å². The van der Waals surface area contributed by atoms with Gasteiger partial charge in [-0.3, -0.25) is 0 Å². The fourth-order valence-corrected chi connectivity index (χ4v) is 8.64. The van der Waals surface area contributed by atoms with Gasteiger partial charge in [0.15, 0.2) is 0 Å². The van der Waals surface area contributed by atoms with Crippen LogP contribution in [0.25, 0.3) is 43.6 Å². The molecular weight excluding hydrogens is 746 g/mol. The Balaban J connectivity index is 0.000000335. The van der Waals surface area contributed by atoms with E-state index in [9.17, 15) is 0 Å². The Kier molecular flexibility index (Phi) is 18.9. The van der Waals surface area contributed by atoms with E-state index in [1.54, 1.807) is 0 Å². The fourth-order valence-electron chi connectivity index (χ4n) is 8.64. The summed E-state index contributed by atoms with van der Waals surface area (Å²) in [7, 11) is 0. The van der Waals surface area contributed by atoms with Gasteiger partial charge >= 0.3 is 0 Å². The topological polar surface area (TPSA) is 71.9 Å². The smallest absolute Gasteiger partial charge is 0.0491 e. The second-order valence-corrected chi connectivity index (χ2v) is 14.5. The highest BCUT2D eigenvalue weighted by Gasteiger charge is 2.21. The lowest BCUT2D eigenvalue weighted by molar-refractivity contribution is 0.170. The number of piperazine rings is 2. The first-order valence-corrected chi connectivity index (χ1v) is 18.3. The minimum atomic E-state index is 0. The minimum absolute atomic E-state index is 0. The number of rotatable bonds is 8. The SMILES string of the molecule is CC1CN(CCCn2c3ccccc3c3ccccc32)CC(C)N1.CC1CN(CCCn2c3ccccc3c3ccccc32)CC(C)N1.Cl.Cl.Cl.Cl.O. The number of aromatic nitrogens is 2. The van der Waals surface area contributed by atoms with E-state index in [2.05, 4.69) is 154 Å². The molecule has 4 heterocycles. The molecule has 4 atom stereocenters. The summed E-state index contributed by atoms with van der Waals surface area (Å²) in [6, 6.07) is 37.6. The van der Waals surface area contributed by atoms with Gasteiger partial charge < -0.3 is 35.0 Å². The van der Waals surface area contributed by atoms with Crippen molar-refractivity contribution < 1.29 is 5.48 Å². The summed E-state index contributed by atoms with van der Waals surface area (Å²) in [6.45, 7) is 18.3. The third-order valence-corrected chi connectivity index (χ3v) is 10.3. The molecule has 11 heteroatoms. The molecule has 0 bridgehead atoms. The van der Waals surface area contributed by atoms with Crippen molar-refractivity contribution in [2.45, 2.75) is 77.8 Å². The van der Waals surface area contributed by atoms with Crippen molar-refractivity contribution in [2.75, 3.05) is 39.3 Å². The van der Waals surface area contributed by atoms with Gasteiger partial charge in [-0.15, -0.1) is 49.6 Å². The molecule has 4 aromatic carbocycles. The zero-order chi connectivity index (χ0) is 33.0. The summed E-state index contributed by atoms with van der Waals surface area (Å²) < 4.78 is 5.00. The Morgan fingerprint density at radius 2 is 0.660 bits per heavy atom. The largest absolute Gasteiger partial charge is 0.412 e. The molecule has 0 saturated carbocycles. The Morgan fingerprint density at radius 1 is 0.415 bits per heavy atom. The van der Waals surface area contributed by atoms with Crippen molar-refractivity contribution in [1.29, 1.82) is 0 Å². The van der Waals surface area contributed by atoms with E-state index in [-0.39, 0.29) is 55.1 Å². The summed E-state index contributed by atoms with van der Waals surface area (Å²) in [5, 5.41) is 12.7. The first-order chi connectivity index (χ1) is 23.4. The maximum Gasteiger partial charge on any atom is 0.0491 e. The summed E-state index contributed by atoms with van der Waals surface area (Å²) in [5.41, 5.74) is 5.45. The van der Waals surface area contributed by atoms with E-state index in [0.717, 1.165) is 39.3 Å². The first-order valence-electron chi connectivity index (χ1n) is 18.3. The van der Waals surface area contributed by atoms with Crippen LogP contribution >= 0.6 is 49.6 Å². The molecule has 0 spiro atoms. The number of aryl methyl sites for hydroxylation is 2. The average Bonchev–Trinajstić information content (AvgIpc) is 3.57. The number of para-hydroxylation sites is 4. The van der Waals surface area contributed by atoms with Gasteiger partial charge in [0.05, 0.1) is 0 Å². The number of hydrogen-bond donors (Lipinski definition) is 2. The number of halogens is 4. The molecule has 2 aliphatic heterocycles. The molecule has 292 valence electrons. The van der Waals surface area contributed by atoms with Crippen LogP contribution in [0.4, 0.5) is 0 Å². The van der Waals surface area contributed by atoms with Gasteiger partial charge in [0, 0.05) is 107 Å². The van der Waals surface area contributed by atoms with E-state index >= 15 is 0 Å². The number of benzene rings is 4. The van der Waals surface area contributed by atoms with Crippen molar-refractivity contribution in [3.8, 4) is 0 Å². The highest BCUT2D eigenvalue weighted by Crippen LogP contribution is 2.30. The molecule has 4 unspecified atom stereocenters. The molecule has 4 N–H and O–H groups in total. The third-order valence-electron chi connectivity index (χ3n) is 10.3. The molecule has 8 rings (SSSR count). The summed E-state index contributed by atoms with van der Waals surface area (Å²) in [4.78, 5) is 5.22. The van der Waals surface area contributed by atoms with E-state index in [1.807, 2.05) is 0 Å². The van der Waals surface area contributed by atoms with Crippen LogP contribution in [0.2, 0.25) is 0 Å². The van der Waals surface area contributed by atoms with Gasteiger partial charge in [-0.05, 0) is 77.9 Å². The Bertz CT molecular complexity index is 1710. The fraction of sp³-hybridized carbons (Fsp3) is 0.429. The molecule has 0 radical (unpaired) electrons. The average molecular weight is 807 g/mol. The molecule has 2 fully saturated rings. The second-order valence-electron chi connectivity index (χ2n) is 14.5. The molecule has 2 saturated heterocycles. The van der Waals surface area contributed by atoms with Crippen LogP contribution in [0.3, 0.4) is 0 Å². The normalized spacial score (nSPS) is 20.3. The van der Waals surface area contributed by atoms with Crippen molar-refractivity contribution in [2.24, 2.45) is 0 Å².